The number of aromatic hydroxyl groups is 1. The number of benzene rings is 2. The van der Waals surface area contributed by atoms with Crippen molar-refractivity contribution in [1.82, 2.24) is 9.55 Å². The second-order valence-corrected chi connectivity index (χ2v) is 5.96. The molecule has 0 atom stereocenters. The van der Waals surface area contributed by atoms with Crippen LogP contribution in [0.5, 0.6) is 5.75 Å². The molecule has 0 amide bonds. The van der Waals surface area contributed by atoms with E-state index in [1.54, 1.807) is 6.20 Å². The second-order valence-electron chi connectivity index (χ2n) is 5.96. The van der Waals surface area contributed by atoms with Gasteiger partial charge in [0, 0.05) is 36.3 Å². The van der Waals surface area contributed by atoms with Gasteiger partial charge in [0.1, 0.15) is 5.75 Å². The summed E-state index contributed by atoms with van der Waals surface area (Å²) in [6, 6.07) is 24.0. The van der Waals surface area contributed by atoms with E-state index in [2.05, 4.69) is 11.1 Å². The van der Waals surface area contributed by atoms with Crippen molar-refractivity contribution in [2.45, 2.75) is 6.42 Å². The van der Waals surface area contributed by atoms with Crippen LogP contribution in [0.3, 0.4) is 0 Å². The molecule has 0 spiro atoms. The van der Waals surface area contributed by atoms with Crippen molar-refractivity contribution in [1.29, 1.82) is 0 Å². The summed E-state index contributed by atoms with van der Waals surface area (Å²) in [4.78, 5) is 4.38. The summed E-state index contributed by atoms with van der Waals surface area (Å²) in [6.07, 6.45) is 6.38. The molecule has 3 heteroatoms. The quantitative estimate of drug-likeness (QED) is 0.583. The Balaban J connectivity index is 1.72. The van der Waals surface area contributed by atoms with E-state index in [-0.39, 0.29) is 5.75 Å². The van der Waals surface area contributed by atoms with Gasteiger partial charge in [-0.2, -0.15) is 0 Å². The molecule has 4 aromatic rings. The number of rotatable bonds is 4. The third-order valence-electron chi connectivity index (χ3n) is 4.27. The SMILES string of the molecule is Oc1c(-c2cccc(-n3cccc3)c2)ccnc1Cc1ccccc1. The highest BCUT2D eigenvalue weighted by molar-refractivity contribution is 5.72. The molecule has 2 aromatic carbocycles. The monoisotopic (exact) mass is 326 g/mol. The molecule has 0 fully saturated rings. The molecule has 0 aliphatic rings. The Morgan fingerprint density at radius 3 is 2.44 bits per heavy atom. The summed E-state index contributed by atoms with van der Waals surface area (Å²) in [7, 11) is 0. The minimum Gasteiger partial charge on any atom is -0.505 e. The standard InChI is InChI=1S/C22H18N2O/c25-22-20(11-12-23-21(22)15-17-7-2-1-3-8-17)18-9-6-10-19(16-18)24-13-4-5-14-24/h1-14,16,25H,15H2. The lowest BCUT2D eigenvalue weighted by atomic mass is 10.0. The fourth-order valence-electron chi connectivity index (χ4n) is 2.99. The molecule has 0 bridgehead atoms. The van der Waals surface area contributed by atoms with Gasteiger partial charge < -0.3 is 9.67 Å². The normalized spacial score (nSPS) is 10.7. The van der Waals surface area contributed by atoms with Crippen LogP contribution in [0.25, 0.3) is 16.8 Å². The molecule has 4 rings (SSSR count). The van der Waals surface area contributed by atoms with Crippen LogP contribution in [0.15, 0.2) is 91.4 Å². The lowest BCUT2D eigenvalue weighted by Gasteiger charge is -2.11. The van der Waals surface area contributed by atoms with Gasteiger partial charge in [0.2, 0.25) is 0 Å². The fourth-order valence-corrected chi connectivity index (χ4v) is 2.99. The third-order valence-corrected chi connectivity index (χ3v) is 4.27. The molecule has 25 heavy (non-hydrogen) atoms. The van der Waals surface area contributed by atoms with Gasteiger partial charge in [0.05, 0.1) is 5.69 Å². The average molecular weight is 326 g/mol. The van der Waals surface area contributed by atoms with Crippen LogP contribution in [0.2, 0.25) is 0 Å². The van der Waals surface area contributed by atoms with Crippen LogP contribution in [0, 0.1) is 0 Å². The molecular formula is C22H18N2O. The van der Waals surface area contributed by atoms with Crippen molar-refractivity contribution in [3.63, 3.8) is 0 Å². The summed E-state index contributed by atoms with van der Waals surface area (Å²) in [5, 5.41) is 10.8. The van der Waals surface area contributed by atoms with Crippen molar-refractivity contribution in [2.75, 3.05) is 0 Å². The van der Waals surface area contributed by atoms with E-state index in [0.717, 1.165) is 22.4 Å². The minimum absolute atomic E-state index is 0.246. The highest BCUT2D eigenvalue weighted by Crippen LogP contribution is 2.33. The largest absolute Gasteiger partial charge is 0.505 e. The Morgan fingerprint density at radius 2 is 1.64 bits per heavy atom. The van der Waals surface area contributed by atoms with Gasteiger partial charge in [-0.25, -0.2) is 0 Å². The predicted molar refractivity (Wildman–Crippen MR) is 99.9 cm³/mol. The molecular weight excluding hydrogens is 308 g/mol. The Hall–Kier alpha value is -3.33. The van der Waals surface area contributed by atoms with Crippen LogP contribution in [0.4, 0.5) is 0 Å². The van der Waals surface area contributed by atoms with E-state index >= 15 is 0 Å². The number of hydrogen-bond donors (Lipinski definition) is 1. The minimum atomic E-state index is 0.246. The van der Waals surface area contributed by atoms with Crippen LogP contribution >= 0.6 is 0 Å². The molecule has 0 radical (unpaired) electrons. The van der Waals surface area contributed by atoms with E-state index in [9.17, 15) is 5.11 Å². The zero-order valence-electron chi connectivity index (χ0n) is 13.7. The average Bonchev–Trinajstić information content (AvgIpc) is 3.19. The Labute approximate surface area is 146 Å². The van der Waals surface area contributed by atoms with Crippen molar-refractivity contribution < 1.29 is 5.11 Å². The molecule has 0 aliphatic heterocycles. The Bertz CT molecular complexity index is 976. The zero-order chi connectivity index (χ0) is 17.1. The molecule has 0 saturated heterocycles. The van der Waals surface area contributed by atoms with Gasteiger partial charge in [-0.05, 0) is 41.5 Å². The van der Waals surface area contributed by atoms with Crippen LogP contribution in [-0.2, 0) is 6.42 Å². The predicted octanol–water partition coefficient (Wildman–Crippen LogP) is 4.84. The van der Waals surface area contributed by atoms with Crippen molar-refractivity contribution in [3.8, 4) is 22.6 Å². The summed E-state index contributed by atoms with van der Waals surface area (Å²) >= 11 is 0. The topological polar surface area (TPSA) is 38.0 Å². The Morgan fingerprint density at radius 1 is 0.840 bits per heavy atom. The molecule has 0 unspecified atom stereocenters. The smallest absolute Gasteiger partial charge is 0.145 e. The van der Waals surface area contributed by atoms with E-state index in [1.165, 1.54) is 0 Å². The van der Waals surface area contributed by atoms with Gasteiger partial charge in [0.15, 0.2) is 0 Å². The first-order valence-electron chi connectivity index (χ1n) is 8.26. The molecule has 1 N–H and O–H groups in total. The van der Waals surface area contributed by atoms with Crippen molar-refractivity contribution in [3.05, 3.63) is 103 Å². The van der Waals surface area contributed by atoms with Crippen LogP contribution in [-0.4, -0.2) is 14.7 Å². The first-order valence-corrected chi connectivity index (χ1v) is 8.26. The molecule has 122 valence electrons. The van der Waals surface area contributed by atoms with Crippen molar-refractivity contribution in [2.24, 2.45) is 0 Å². The maximum atomic E-state index is 10.8. The highest BCUT2D eigenvalue weighted by atomic mass is 16.3. The number of pyridine rings is 1. The van der Waals surface area contributed by atoms with E-state index in [1.807, 2.05) is 83.7 Å². The first-order chi connectivity index (χ1) is 12.3. The van der Waals surface area contributed by atoms with Gasteiger partial charge in [0.25, 0.3) is 0 Å². The van der Waals surface area contributed by atoms with Gasteiger partial charge in [-0.15, -0.1) is 0 Å². The summed E-state index contributed by atoms with van der Waals surface area (Å²) in [5.41, 5.74) is 4.65. The maximum Gasteiger partial charge on any atom is 0.145 e. The van der Waals surface area contributed by atoms with Crippen LogP contribution in [0.1, 0.15) is 11.3 Å². The molecule has 3 nitrogen and oxygen atoms in total. The fraction of sp³-hybridized carbons (Fsp3) is 0.0455. The summed E-state index contributed by atoms with van der Waals surface area (Å²) in [5.74, 6) is 0.246. The summed E-state index contributed by atoms with van der Waals surface area (Å²) < 4.78 is 2.05. The van der Waals surface area contributed by atoms with Gasteiger partial charge in [-0.3, -0.25) is 4.98 Å². The molecule has 2 heterocycles. The van der Waals surface area contributed by atoms with E-state index in [4.69, 9.17) is 0 Å². The third kappa shape index (κ3) is 3.17. The molecule has 2 aromatic heterocycles. The van der Waals surface area contributed by atoms with Gasteiger partial charge in [-0.1, -0.05) is 42.5 Å². The van der Waals surface area contributed by atoms with Crippen LogP contribution < -0.4 is 0 Å². The Kier molecular flexibility index (Phi) is 4.05. The molecule has 0 aliphatic carbocycles. The summed E-state index contributed by atoms with van der Waals surface area (Å²) in [6.45, 7) is 0. The van der Waals surface area contributed by atoms with E-state index < -0.39 is 0 Å². The van der Waals surface area contributed by atoms with Crippen molar-refractivity contribution >= 4 is 0 Å². The second kappa shape index (κ2) is 6.65. The zero-order valence-corrected chi connectivity index (χ0v) is 13.7. The highest BCUT2D eigenvalue weighted by Gasteiger charge is 2.11. The lowest BCUT2D eigenvalue weighted by molar-refractivity contribution is 0.467. The maximum absolute atomic E-state index is 10.8. The van der Waals surface area contributed by atoms with E-state index in [0.29, 0.717) is 12.1 Å². The van der Waals surface area contributed by atoms with Gasteiger partial charge >= 0.3 is 0 Å². The number of hydrogen-bond acceptors (Lipinski definition) is 2. The lowest BCUT2D eigenvalue weighted by Crippen LogP contribution is -1.95. The number of nitrogens with zero attached hydrogens (tertiary/aromatic N) is 2. The number of aromatic nitrogens is 2. The molecule has 0 saturated carbocycles. The first kappa shape index (κ1) is 15.2.